The number of aromatic nitrogens is 1. The van der Waals surface area contributed by atoms with Crippen molar-refractivity contribution < 1.29 is 5.11 Å². The van der Waals surface area contributed by atoms with Crippen LogP contribution in [0.4, 0.5) is 0 Å². The van der Waals surface area contributed by atoms with Crippen LogP contribution in [0.15, 0.2) is 18.3 Å². The Hall–Kier alpha value is -0.990. The summed E-state index contributed by atoms with van der Waals surface area (Å²) in [5.74, 6) is 0. The zero-order chi connectivity index (χ0) is 11.2. The van der Waals surface area contributed by atoms with Gasteiger partial charge in [-0.1, -0.05) is 11.6 Å². The van der Waals surface area contributed by atoms with Gasteiger partial charge in [0.2, 0.25) is 0 Å². The minimum absolute atomic E-state index is 0.651. The van der Waals surface area contributed by atoms with Crippen LogP contribution in [-0.4, -0.2) is 10.1 Å². The fraction of sp³-hybridized carbons (Fsp3) is 0.333. The van der Waals surface area contributed by atoms with Gasteiger partial charge >= 0.3 is 0 Å². The molecule has 0 spiro atoms. The van der Waals surface area contributed by atoms with Crippen LogP contribution in [0.3, 0.4) is 0 Å². The lowest BCUT2D eigenvalue weighted by molar-refractivity contribution is 0.0787. The topological polar surface area (TPSA) is 36.0 Å². The number of aliphatic hydroxyl groups is 1. The van der Waals surface area contributed by atoms with Crippen molar-refractivity contribution >= 4 is 22.5 Å². The molecule has 0 radical (unpaired) electrons. The highest BCUT2D eigenvalue weighted by Gasteiger charge is 2.18. The summed E-state index contributed by atoms with van der Waals surface area (Å²) >= 11 is 6.14. The second-order valence-corrected chi connectivity index (χ2v) is 4.82. The van der Waals surface area contributed by atoms with Crippen LogP contribution in [0.25, 0.3) is 10.9 Å². The standard InChI is InChI=1S/C12H14ClNO/c1-7-6-14-11-9(7)4-8(5-10(11)13)12(2,3)15/h4-6,14-15H,1-3H3. The highest BCUT2D eigenvalue weighted by Crippen LogP contribution is 2.31. The summed E-state index contributed by atoms with van der Waals surface area (Å²) in [6.07, 6.45) is 1.92. The van der Waals surface area contributed by atoms with Gasteiger partial charge in [0.1, 0.15) is 0 Å². The van der Waals surface area contributed by atoms with Crippen molar-refractivity contribution in [2.45, 2.75) is 26.4 Å². The third-order valence-electron chi connectivity index (χ3n) is 2.65. The van der Waals surface area contributed by atoms with Gasteiger partial charge in [-0.25, -0.2) is 0 Å². The quantitative estimate of drug-likeness (QED) is 0.764. The van der Waals surface area contributed by atoms with Crippen molar-refractivity contribution in [2.75, 3.05) is 0 Å². The molecule has 0 aliphatic carbocycles. The second-order valence-electron chi connectivity index (χ2n) is 4.41. The molecule has 15 heavy (non-hydrogen) atoms. The normalized spacial score (nSPS) is 12.3. The zero-order valence-electron chi connectivity index (χ0n) is 9.06. The van der Waals surface area contributed by atoms with Gasteiger partial charge < -0.3 is 10.1 Å². The molecule has 2 nitrogen and oxygen atoms in total. The molecule has 0 bridgehead atoms. The Kier molecular flexibility index (Phi) is 2.28. The van der Waals surface area contributed by atoms with Gasteiger partial charge in [-0.05, 0) is 44.0 Å². The largest absolute Gasteiger partial charge is 0.386 e. The van der Waals surface area contributed by atoms with E-state index in [1.165, 1.54) is 0 Å². The third-order valence-corrected chi connectivity index (χ3v) is 2.95. The Balaban J connectivity index is 2.76. The molecule has 1 heterocycles. The van der Waals surface area contributed by atoms with E-state index in [9.17, 15) is 5.11 Å². The van der Waals surface area contributed by atoms with Crippen LogP contribution in [0.1, 0.15) is 25.0 Å². The van der Waals surface area contributed by atoms with Gasteiger partial charge in [0.15, 0.2) is 0 Å². The number of nitrogens with one attached hydrogen (secondary N) is 1. The van der Waals surface area contributed by atoms with E-state index in [4.69, 9.17) is 11.6 Å². The Morgan fingerprint density at radius 3 is 2.60 bits per heavy atom. The molecule has 2 rings (SSSR count). The average molecular weight is 224 g/mol. The first-order valence-electron chi connectivity index (χ1n) is 4.89. The number of H-pyrrole nitrogens is 1. The number of rotatable bonds is 1. The number of aromatic amines is 1. The van der Waals surface area contributed by atoms with Gasteiger partial charge in [0.05, 0.1) is 16.1 Å². The Labute approximate surface area is 93.9 Å². The number of halogens is 1. The smallest absolute Gasteiger partial charge is 0.0841 e. The zero-order valence-corrected chi connectivity index (χ0v) is 9.81. The number of benzene rings is 1. The van der Waals surface area contributed by atoms with Crippen LogP contribution >= 0.6 is 11.6 Å². The van der Waals surface area contributed by atoms with Crippen LogP contribution in [-0.2, 0) is 5.60 Å². The van der Waals surface area contributed by atoms with Crippen molar-refractivity contribution in [1.29, 1.82) is 0 Å². The van der Waals surface area contributed by atoms with E-state index in [-0.39, 0.29) is 0 Å². The fourth-order valence-electron chi connectivity index (χ4n) is 1.68. The molecule has 1 aromatic carbocycles. The van der Waals surface area contributed by atoms with Crippen LogP contribution in [0.2, 0.25) is 5.02 Å². The predicted octanol–water partition coefficient (Wildman–Crippen LogP) is 3.36. The minimum atomic E-state index is -0.860. The molecule has 1 aromatic heterocycles. The van der Waals surface area contributed by atoms with Crippen LogP contribution in [0.5, 0.6) is 0 Å². The molecule has 0 unspecified atom stereocenters. The molecule has 0 saturated heterocycles. The van der Waals surface area contributed by atoms with Gasteiger partial charge in [0.25, 0.3) is 0 Å². The monoisotopic (exact) mass is 223 g/mol. The molecule has 80 valence electrons. The van der Waals surface area contributed by atoms with E-state index in [0.29, 0.717) is 5.02 Å². The first kappa shape index (κ1) is 10.5. The van der Waals surface area contributed by atoms with Crippen LogP contribution in [0, 0.1) is 6.92 Å². The number of fused-ring (bicyclic) bond motifs is 1. The lowest BCUT2D eigenvalue weighted by Gasteiger charge is -2.18. The first-order valence-corrected chi connectivity index (χ1v) is 5.27. The van der Waals surface area contributed by atoms with Gasteiger partial charge in [-0.15, -0.1) is 0 Å². The Morgan fingerprint density at radius 2 is 2.00 bits per heavy atom. The van der Waals surface area contributed by atoms with E-state index in [1.807, 2.05) is 19.2 Å². The van der Waals surface area contributed by atoms with E-state index in [1.54, 1.807) is 19.9 Å². The molecule has 2 N–H and O–H groups in total. The summed E-state index contributed by atoms with van der Waals surface area (Å²) in [4.78, 5) is 3.12. The summed E-state index contributed by atoms with van der Waals surface area (Å²) in [5.41, 5.74) is 2.05. The van der Waals surface area contributed by atoms with E-state index < -0.39 is 5.60 Å². The van der Waals surface area contributed by atoms with E-state index in [0.717, 1.165) is 22.0 Å². The number of hydrogen-bond acceptors (Lipinski definition) is 1. The summed E-state index contributed by atoms with van der Waals surface area (Å²) in [7, 11) is 0. The van der Waals surface area contributed by atoms with E-state index >= 15 is 0 Å². The predicted molar refractivity (Wildman–Crippen MR) is 63.3 cm³/mol. The van der Waals surface area contributed by atoms with Gasteiger partial charge in [-0.3, -0.25) is 0 Å². The SMILES string of the molecule is Cc1c[nH]c2c(Cl)cc(C(C)(C)O)cc12. The van der Waals surface area contributed by atoms with Crippen molar-refractivity contribution in [3.8, 4) is 0 Å². The lowest BCUT2D eigenvalue weighted by atomic mass is 9.96. The van der Waals surface area contributed by atoms with Crippen molar-refractivity contribution in [3.63, 3.8) is 0 Å². The molecular weight excluding hydrogens is 210 g/mol. The summed E-state index contributed by atoms with van der Waals surface area (Å²) in [6.45, 7) is 5.53. The van der Waals surface area contributed by atoms with Crippen molar-refractivity contribution in [2.24, 2.45) is 0 Å². The lowest BCUT2D eigenvalue weighted by Crippen LogP contribution is -2.15. The average Bonchev–Trinajstić information content (AvgIpc) is 2.47. The molecule has 3 heteroatoms. The Morgan fingerprint density at radius 1 is 1.33 bits per heavy atom. The minimum Gasteiger partial charge on any atom is -0.386 e. The van der Waals surface area contributed by atoms with E-state index in [2.05, 4.69) is 4.98 Å². The van der Waals surface area contributed by atoms with Crippen LogP contribution < -0.4 is 0 Å². The molecular formula is C12H14ClNO. The van der Waals surface area contributed by atoms with Gasteiger partial charge in [-0.2, -0.15) is 0 Å². The maximum Gasteiger partial charge on any atom is 0.0841 e. The number of hydrogen-bond donors (Lipinski definition) is 2. The Bertz CT molecular complexity index is 508. The molecule has 0 aliphatic rings. The molecule has 0 atom stereocenters. The van der Waals surface area contributed by atoms with Gasteiger partial charge in [0, 0.05) is 11.6 Å². The molecule has 0 saturated carbocycles. The second kappa shape index (κ2) is 3.26. The maximum absolute atomic E-state index is 9.93. The first-order chi connectivity index (χ1) is 6.89. The molecule has 0 aliphatic heterocycles. The highest BCUT2D eigenvalue weighted by atomic mass is 35.5. The molecule has 0 amide bonds. The number of aryl methyl sites for hydroxylation is 1. The summed E-state index contributed by atoms with van der Waals surface area (Å²) < 4.78 is 0. The maximum atomic E-state index is 9.93. The third kappa shape index (κ3) is 1.75. The molecule has 0 fully saturated rings. The van der Waals surface area contributed by atoms with Crippen molar-refractivity contribution in [1.82, 2.24) is 4.98 Å². The fourth-order valence-corrected chi connectivity index (χ4v) is 1.95. The van der Waals surface area contributed by atoms with Crippen molar-refractivity contribution in [3.05, 3.63) is 34.5 Å². The summed E-state index contributed by atoms with van der Waals surface area (Å²) in [6, 6.07) is 3.78. The molecule has 2 aromatic rings. The summed E-state index contributed by atoms with van der Waals surface area (Å²) in [5, 5.41) is 11.7. The highest BCUT2D eigenvalue weighted by molar-refractivity contribution is 6.35.